The topological polar surface area (TPSA) is 36.3 Å². The van der Waals surface area contributed by atoms with Gasteiger partial charge in [-0.1, -0.05) is 12.1 Å². The third-order valence-electron chi connectivity index (χ3n) is 5.32. The lowest BCUT2D eigenvalue weighted by Gasteiger charge is -2.32. The second kappa shape index (κ2) is 6.38. The highest BCUT2D eigenvalue weighted by Crippen LogP contribution is 2.37. The Hall–Kier alpha value is -0.425. The summed E-state index contributed by atoms with van der Waals surface area (Å²) in [7, 11) is -0.318. The molecule has 1 atom stereocenters. The molecule has 2 aromatic rings. The monoisotopic (exact) mass is 456 g/mol. The van der Waals surface area contributed by atoms with Crippen molar-refractivity contribution in [2.24, 2.45) is 0 Å². The molecule has 2 heterocycles. The molecule has 0 bridgehead atoms. The van der Waals surface area contributed by atoms with Gasteiger partial charge in [-0.2, -0.15) is 5.10 Å². The first-order chi connectivity index (χ1) is 11.2. The summed E-state index contributed by atoms with van der Waals surface area (Å²) in [5.41, 5.74) is 5.30. The number of benzene rings is 1. The van der Waals surface area contributed by atoms with Crippen molar-refractivity contribution in [2.45, 2.75) is 52.7 Å². The molecule has 1 aliphatic rings. The summed E-state index contributed by atoms with van der Waals surface area (Å²) in [6, 6.07) is 4.28. The number of hydrogen-bond acceptors (Lipinski definition) is 3. The van der Waals surface area contributed by atoms with Gasteiger partial charge in [0.25, 0.3) is 0 Å². The lowest BCUT2D eigenvalue weighted by molar-refractivity contribution is 0.00578. The quantitative estimate of drug-likeness (QED) is 0.394. The minimum Gasteiger partial charge on any atom is -0.399 e. The van der Waals surface area contributed by atoms with Crippen LogP contribution in [0.1, 0.15) is 38.8 Å². The summed E-state index contributed by atoms with van der Waals surface area (Å²) in [4.78, 5) is 0. The normalized spacial score (nSPS) is 19.5. The van der Waals surface area contributed by atoms with Crippen LogP contribution in [-0.2, 0) is 9.31 Å². The Morgan fingerprint density at radius 2 is 1.71 bits per heavy atom. The number of rotatable bonds is 3. The molecule has 1 saturated heterocycles. The van der Waals surface area contributed by atoms with Gasteiger partial charge in [-0.05, 0) is 85.7 Å². The SMILES string of the molecule is Cc1c(B2OC(C)(C)C(C)(C)O2)ccc(-c2cnn(PI)c2)c1C. The molecular formula is C17H23BIN2O2P. The Balaban J connectivity index is 1.97. The van der Waals surface area contributed by atoms with Crippen molar-refractivity contribution in [3.8, 4) is 11.1 Å². The van der Waals surface area contributed by atoms with E-state index in [0.29, 0.717) is 6.37 Å². The maximum Gasteiger partial charge on any atom is 0.495 e. The second-order valence-corrected chi connectivity index (χ2v) is 9.37. The van der Waals surface area contributed by atoms with Gasteiger partial charge in [0.05, 0.1) is 23.8 Å². The fourth-order valence-corrected chi connectivity index (χ4v) is 3.97. The van der Waals surface area contributed by atoms with E-state index in [-0.39, 0.29) is 18.3 Å². The van der Waals surface area contributed by atoms with Crippen LogP contribution in [0.25, 0.3) is 11.1 Å². The maximum absolute atomic E-state index is 6.21. The van der Waals surface area contributed by atoms with E-state index in [1.165, 1.54) is 16.7 Å². The van der Waals surface area contributed by atoms with Gasteiger partial charge in [0, 0.05) is 11.8 Å². The average Bonchev–Trinajstić information content (AvgIpc) is 3.04. The molecule has 4 nitrogen and oxygen atoms in total. The summed E-state index contributed by atoms with van der Waals surface area (Å²) in [6.07, 6.45) is 4.65. The molecule has 1 fully saturated rings. The fraction of sp³-hybridized carbons (Fsp3) is 0.471. The fourth-order valence-electron chi connectivity index (χ4n) is 2.89. The largest absolute Gasteiger partial charge is 0.495 e. The van der Waals surface area contributed by atoms with Crippen molar-refractivity contribution in [1.82, 2.24) is 9.55 Å². The van der Waals surface area contributed by atoms with Gasteiger partial charge in [-0.25, -0.2) is 4.45 Å². The van der Waals surface area contributed by atoms with E-state index in [2.05, 4.69) is 87.0 Å². The lowest BCUT2D eigenvalue weighted by atomic mass is 9.74. The first kappa shape index (κ1) is 18.4. The average molecular weight is 456 g/mol. The van der Waals surface area contributed by atoms with Gasteiger partial charge in [0.15, 0.2) is 0 Å². The molecule has 0 N–H and O–H groups in total. The number of halogens is 1. The summed E-state index contributed by atoms with van der Waals surface area (Å²) in [6.45, 7) is 12.6. The molecule has 1 aliphatic heterocycles. The molecule has 1 aromatic heterocycles. The van der Waals surface area contributed by atoms with E-state index in [1.54, 1.807) is 0 Å². The van der Waals surface area contributed by atoms with Crippen LogP contribution >= 0.6 is 28.4 Å². The van der Waals surface area contributed by atoms with E-state index in [9.17, 15) is 0 Å². The third-order valence-corrected chi connectivity index (χ3v) is 7.22. The number of nitrogens with zero attached hydrogens (tertiary/aromatic N) is 2. The van der Waals surface area contributed by atoms with Crippen LogP contribution in [0.5, 0.6) is 0 Å². The summed E-state index contributed by atoms with van der Waals surface area (Å²) in [5, 5.41) is 4.39. The summed E-state index contributed by atoms with van der Waals surface area (Å²) >= 11 is 2.33. The van der Waals surface area contributed by atoms with Crippen molar-refractivity contribution >= 4 is 41.0 Å². The highest BCUT2D eigenvalue weighted by atomic mass is 127. The van der Waals surface area contributed by atoms with E-state index >= 15 is 0 Å². The Morgan fingerprint density at radius 1 is 1.08 bits per heavy atom. The van der Waals surface area contributed by atoms with Gasteiger partial charge in [-0.15, -0.1) is 0 Å². The first-order valence-electron chi connectivity index (χ1n) is 8.04. The first-order valence-corrected chi connectivity index (χ1v) is 12.1. The molecular weight excluding hydrogens is 433 g/mol. The van der Waals surface area contributed by atoms with Crippen LogP contribution in [-0.4, -0.2) is 27.9 Å². The summed E-state index contributed by atoms with van der Waals surface area (Å²) in [5.74, 6) is 0. The zero-order chi connectivity index (χ0) is 17.7. The van der Waals surface area contributed by atoms with E-state index in [0.717, 1.165) is 11.0 Å². The van der Waals surface area contributed by atoms with Crippen LogP contribution in [0.4, 0.5) is 0 Å². The van der Waals surface area contributed by atoms with Gasteiger partial charge in [0.2, 0.25) is 0 Å². The molecule has 0 aliphatic carbocycles. The Bertz CT molecular complexity index is 760. The van der Waals surface area contributed by atoms with Crippen molar-refractivity contribution in [1.29, 1.82) is 0 Å². The van der Waals surface area contributed by atoms with Gasteiger partial charge >= 0.3 is 7.12 Å². The van der Waals surface area contributed by atoms with E-state index in [1.807, 2.05) is 10.6 Å². The molecule has 128 valence electrons. The van der Waals surface area contributed by atoms with Crippen LogP contribution < -0.4 is 5.46 Å². The maximum atomic E-state index is 6.21. The minimum atomic E-state index is -0.320. The molecule has 0 saturated carbocycles. The van der Waals surface area contributed by atoms with Crippen molar-refractivity contribution in [3.05, 3.63) is 35.7 Å². The molecule has 24 heavy (non-hydrogen) atoms. The molecule has 3 rings (SSSR count). The highest BCUT2D eigenvalue weighted by Gasteiger charge is 2.52. The molecule has 0 spiro atoms. The predicted molar refractivity (Wildman–Crippen MR) is 111 cm³/mol. The van der Waals surface area contributed by atoms with Gasteiger partial charge < -0.3 is 9.31 Å². The predicted octanol–water partition coefficient (Wildman–Crippen LogP) is 4.26. The van der Waals surface area contributed by atoms with Gasteiger partial charge in [-0.3, -0.25) is 0 Å². The lowest BCUT2D eigenvalue weighted by Crippen LogP contribution is -2.41. The van der Waals surface area contributed by atoms with Crippen LogP contribution in [0, 0.1) is 13.8 Å². The van der Waals surface area contributed by atoms with Crippen molar-refractivity contribution in [2.75, 3.05) is 0 Å². The van der Waals surface area contributed by atoms with Crippen molar-refractivity contribution in [3.63, 3.8) is 0 Å². The second-order valence-electron chi connectivity index (χ2n) is 7.30. The molecule has 1 aromatic carbocycles. The smallest absolute Gasteiger partial charge is 0.399 e. The molecule has 7 heteroatoms. The minimum absolute atomic E-state index is 0.318. The van der Waals surface area contributed by atoms with E-state index in [4.69, 9.17) is 9.31 Å². The standard InChI is InChI=1S/C17H23BIN2O2P/c1-11-12(2)15(18-22-16(3,4)17(5,6)23-18)8-7-14(11)13-9-20-21(10-13)24-19/h7-10,24H,1-6H3. The number of hydrogen-bond donors (Lipinski definition) is 0. The zero-order valence-electron chi connectivity index (χ0n) is 15.0. The van der Waals surface area contributed by atoms with Crippen LogP contribution in [0.15, 0.2) is 24.5 Å². The van der Waals surface area contributed by atoms with Gasteiger partial charge in [0.1, 0.15) is 0 Å². The third kappa shape index (κ3) is 3.07. The number of aromatic nitrogens is 2. The Labute approximate surface area is 159 Å². The van der Waals surface area contributed by atoms with Crippen LogP contribution in [0.2, 0.25) is 0 Å². The Morgan fingerprint density at radius 3 is 2.25 bits per heavy atom. The molecule has 0 radical (unpaired) electrons. The Kier molecular flexibility index (Phi) is 4.89. The van der Waals surface area contributed by atoms with E-state index < -0.39 is 0 Å². The van der Waals surface area contributed by atoms with Crippen LogP contribution in [0.3, 0.4) is 0 Å². The van der Waals surface area contributed by atoms with Crippen molar-refractivity contribution < 1.29 is 9.31 Å². The highest BCUT2D eigenvalue weighted by molar-refractivity contribution is 14.2. The molecule has 1 unspecified atom stereocenters. The zero-order valence-corrected chi connectivity index (χ0v) is 18.1. The molecule has 0 amide bonds. The summed E-state index contributed by atoms with van der Waals surface area (Å²) < 4.78 is 14.4.